The van der Waals surface area contributed by atoms with Gasteiger partial charge in [0.2, 0.25) is 0 Å². The average molecular weight is 296 g/mol. The molecule has 3 rings (SSSR count). The molecule has 1 aromatic carbocycles. The van der Waals surface area contributed by atoms with E-state index in [4.69, 9.17) is 5.73 Å². The number of anilines is 1. The Morgan fingerprint density at radius 2 is 2.10 bits per heavy atom. The zero-order valence-electron chi connectivity index (χ0n) is 11.4. The summed E-state index contributed by atoms with van der Waals surface area (Å²) >= 11 is 0. The monoisotopic (exact) mass is 296 g/mol. The second kappa shape index (κ2) is 4.04. The summed E-state index contributed by atoms with van der Waals surface area (Å²) in [7, 11) is -3.30. The molecule has 108 valence electrons. The van der Waals surface area contributed by atoms with Crippen LogP contribution in [-0.2, 0) is 15.4 Å². The highest BCUT2D eigenvalue weighted by molar-refractivity contribution is 7.93. The van der Waals surface area contributed by atoms with Crippen molar-refractivity contribution in [1.29, 1.82) is 0 Å². The molecule has 1 fully saturated rings. The van der Waals surface area contributed by atoms with Gasteiger partial charge in [0.25, 0.3) is 0 Å². The first-order valence-electron chi connectivity index (χ1n) is 6.61. The van der Waals surface area contributed by atoms with E-state index in [9.17, 15) is 12.8 Å². The Labute approximate surface area is 117 Å². The fourth-order valence-electron chi connectivity index (χ4n) is 3.55. The van der Waals surface area contributed by atoms with Gasteiger partial charge in [-0.05, 0) is 44.9 Å². The summed E-state index contributed by atoms with van der Waals surface area (Å²) in [6.45, 7) is 3.41. The number of fused-ring (bicyclic) bond motifs is 2. The van der Waals surface area contributed by atoms with Crippen molar-refractivity contribution < 1.29 is 12.8 Å². The number of aliphatic imine (C=N–C) groups is 1. The minimum Gasteiger partial charge on any atom is -0.399 e. The number of benzene rings is 1. The molecule has 0 radical (unpaired) electrons. The molecule has 2 aliphatic heterocycles. The summed E-state index contributed by atoms with van der Waals surface area (Å²) in [5, 5.41) is -1.16. The maximum Gasteiger partial charge on any atom is 0.164 e. The molecule has 0 unspecified atom stereocenters. The van der Waals surface area contributed by atoms with Crippen LogP contribution >= 0.6 is 0 Å². The van der Waals surface area contributed by atoms with Crippen LogP contribution in [0.1, 0.15) is 32.3 Å². The lowest BCUT2D eigenvalue weighted by atomic mass is 9.86. The molecule has 0 saturated carbocycles. The summed E-state index contributed by atoms with van der Waals surface area (Å²) < 4.78 is 39.3. The predicted octanol–water partition coefficient (Wildman–Crippen LogP) is 2.04. The molecule has 20 heavy (non-hydrogen) atoms. The van der Waals surface area contributed by atoms with Crippen molar-refractivity contribution in [3.8, 4) is 0 Å². The van der Waals surface area contributed by atoms with Crippen LogP contribution in [0.2, 0.25) is 0 Å². The summed E-state index contributed by atoms with van der Waals surface area (Å²) in [4.78, 5) is 4.55. The van der Waals surface area contributed by atoms with Gasteiger partial charge in [0.1, 0.15) is 11.4 Å². The standard InChI is InChI=1S/C14H17FN2O2S/c1-8-12-5-6-13(20(12,18)19)14(2,17-8)10-7-9(16)3-4-11(10)15/h3-4,7,12-13H,5-6,16H2,1-2H3/t12-,13+,14+/m0/s1. The quantitative estimate of drug-likeness (QED) is 0.806. The smallest absolute Gasteiger partial charge is 0.164 e. The van der Waals surface area contributed by atoms with E-state index in [1.165, 1.54) is 18.2 Å². The minimum atomic E-state index is -3.30. The maximum atomic E-state index is 14.2. The van der Waals surface area contributed by atoms with E-state index in [1.807, 2.05) is 0 Å². The Morgan fingerprint density at radius 3 is 2.80 bits per heavy atom. The van der Waals surface area contributed by atoms with Crippen molar-refractivity contribution in [2.24, 2.45) is 4.99 Å². The van der Waals surface area contributed by atoms with Gasteiger partial charge in [0, 0.05) is 17.0 Å². The zero-order valence-corrected chi connectivity index (χ0v) is 12.2. The van der Waals surface area contributed by atoms with Gasteiger partial charge >= 0.3 is 0 Å². The van der Waals surface area contributed by atoms with Gasteiger partial charge in [-0.1, -0.05) is 0 Å². The van der Waals surface area contributed by atoms with Gasteiger partial charge in [0.15, 0.2) is 9.84 Å². The highest BCUT2D eigenvalue weighted by atomic mass is 32.2. The van der Waals surface area contributed by atoms with Crippen LogP contribution in [0.5, 0.6) is 0 Å². The number of nitrogen functional groups attached to an aromatic ring is 1. The fourth-order valence-corrected chi connectivity index (χ4v) is 6.23. The third-order valence-electron chi connectivity index (χ3n) is 4.52. The van der Waals surface area contributed by atoms with Crippen molar-refractivity contribution >= 4 is 21.2 Å². The van der Waals surface area contributed by atoms with Crippen LogP contribution < -0.4 is 5.73 Å². The normalized spacial score (nSPS) is 34.9. The summed E-state index contributed by atoms with van der Waals surface area (Å²) in [5.41, 5.74) is 5.89. The first-order valence-corrected chi connectivity index (χ1v) is 8.22. The largest absolute Gasteiger partial charge is 0.399 e. The Kier molecular flexibility index (Phi) is 2.73. The molecule has 3 atom stereocenters. The SMILES string of the molecule is CC1=N[C@](C)(c2cc(N)ccc2F)[C@H]2CC[C@@H]1S2(=O)=O. The van der Waals surface area contributed by atoms with Crippen molar-refractivity contribution in [1.82, 2.24) is 0 Å². The number of nitrogens with zero attached hydrogens (tertiary/aromatic N) is 1. The van der Waals surface area contributed by atoms with E-state index >= 15 is 0 Å². The molecular weight excluding hydrogens is 279 g/mol. The number of rotatable bonds is 1. The van der Waals surface area contributed by atoms with Crippen molar-refractivity contribution in [3.63, 3.8) is 0 Å². The number of hydrogen-bond donors (Lipinski definition) is 1. The van der Waals surface area contributed by atoms with Gasteiger partial charge in [-0.3, -0.25) is 4.99 Å². The minimum absolute atomic E-state index is 0.269. The second-order valence-corrected chi connectivity index (χ2v) is 8.10. The Morgan fingerprint density at radius 1 is 1.40 bits per heavy atom. The van der Waals surface area contributed by atoms with Crippen molar-refractivity contribution in [2.75, 3.05) is 5.73 Å². The second-order valence-electron chi connectivity index (χ2n) is 5.78. The van der Waals surface area contributed by atoms with Crippen molar-refractivity contribution in [3.05, 3.63) is 29.6 Å². The number of nitrogens with two attached hydrogens (primary N) is 1. The van der Waals surface area contributed by atoms with Crippen LogP contribution in [0.4, 0.5) is 10.1 Å². The maximum absolute atomic E-state index is 14.2. The molecule has 1 saturated heterocycles. The lowest BCUT2D eigenvalue weighted by Crippen LogP contribution is -2.46. The first-order chi connectivity index (χ1) is 9.26. The van der Waals surface area contributed by atoms with Gasteiger partial charge in [-0.25, -0.2) is 12.8 Å². The first kappa shape index (κ1) is 13.5. The number of hydrogen-bond acceptors (Lipinski definition) is 4. The van der Waals surface area contributed by atoms with Crippen molar-refractivity contribution in [2.45, 2.75) is 42.7 Å². The zero-order chi connectivity index (χ0) is 14.7. The molecule has 6 heteroatoms. The van der Waals surface area contributed by atoms with E-state index in [0.717, 1.165) is 0 Å². The third-order valence-corrected chi connectivity index (χ3v) is 7.38. The lowest BCUT2D eigenvalue weighted by molar-refractivity contribution is 0.424. The molecule has 0 aromatic heterocycles. The molecular formula is C14H17FN2O2S. The van der Waals surface area contributed by atoms with Gasteiger partial charge in [0.05, 0.1) is 10.5 Å². The summed E-state index contributed by atoms with van der Waals surface area (Å²) in [6.07, 6.45) is 1.08. The van der Waals surface area contributed by atoms with Crippen LogP contribution in [0.15, 0.2) is 23.2 Å². The molecule has 0 amide bonds. The highest BCUT2D eigenvalue weighted by Crippen LogP contribution is 2.47. The van der Waals surface area contributed by atoms with Crippen LogP contribution in [0.25, 0.3) is 0 Å². The molecule has 2 bridgehead atoms. The third kappa shape index (κ3) is 1.63. The van der Waals surface area contributed by atoms with E-state index in [0.29, 0.717) is 24.2 Å². The van der Waals surface area contributed by atoms with E-state index in [2.05, 4.69) is 4.99 Å². The van der Waals surface area contributed by atoms with E-state index in [-0.39, 0.29) is 5.56 Å². The van der Waals surface area contributed by atoms with Gasteiger partial charge < -0.3 is 5.73 Å². The molecule has 2 N–H and O–H groups in total. The average Bonchev–Trinajstić information content (AvgIpc) is 2.58. The molecule has 4 nitrogen and oxygen atoms in total. The topological polar surface area (TPSA) is 72.5 Å². The predicted molar refractivity (Wildman–Crippen MR) is 77.0 cm³/mol. The van der Waals surface area contributed by atoms with Gasteiger partial charge in [-0.2, -0.15) is 0 Å². The molecule has 0 aliphatic carbocycles. The molecule has 0 spiro atoms. The Bertz CT molecular complexity index is 714. The van der Waals surface area contributed by atoms with E-state index < -0.39 is 31.7 Å². The van der Waals surface area contributed by atoms with E-state index in [1.54, 1.807) is 13.8 Å². The Balaban J connectivity index is 2.26. The fraction of sp³-hybridized carbons (Fsp3) is 0.500. The van der Waals surface area contributed by atoms with Crippen LogP contribution in [0.3, 0.4) is 0 Å². The summed E-state index contributed by atoms with van der Waals surface area (Å²) in [6, 6.07) is 4.24. The lowest BCUT2D eigenvalue weighted by Gasteiger charge is -2.36. The molecule has 2 heterocycles. The molecule has 1 aromatic rings. The molecule has 2 aliphatic rings. The summed E-state index contributed by atoms with van der Waals surface area (Å²) in [5.74, 6) is -0.459. The van der Waals surface area contributed by atoms with Gasteiger partial charge in [-0.15, -0.1) is 0 Å². The number of sulfone groups is 1. The highest BCUT2D eigenvalue weighted by Gasteiger charge is 2.56. The van der Waals surface area contributed by atoms with Crippen LogP contribution in [0, 0.1) is 5.82 Å². The Hall–Kier alpha value is -1.43. The number of halogens is 1. The van der Waals surface area contributed by atoms with Crippen LogP contribution in [-0.4, -0.2) is 24.6 Å².